The van der Waals surface area contributed by atoms with E-state index in [1.165, 1.54) is 6.20 Å². The second-order valence-corrected chi connectivity index (χ2v) is 3.49. The van der Waals surface area contributed by atoms with Gasteiger partial charge in [-0.3, -0.25) is 9.48 Å². The van der Waals surface area contributed by atoms with E-state index < -0.39 is 0 Å². The Kier molecular flexibility index (Phi) is 4.28. The Morgan fingerprint density at radius 2 is 2.50 bits per heavy atom. The van der Waals surface area contributed by atoms with Crippen molar-refractivity contribution in [3.8, 4) is 0 Å². The van der Waals surface area contributed by atoms with Gasteiger partial charge >= 0.3 is 0 Å². The van der Waals surface area contributed by atoms with Crippen LogP contribution in [-0.4, -0.2) is 28.0 Å². The SMILES string of the molecule is CCn1ncc(Cl)c1C(=O)NCCS. The van der Waals surface area contributed by atoms with Crippen LogP contribution >= 0.6 is 24.2 Å². The molecule has 1 aromatic rings. The first kappa shape index (κ1) is 11.4. The number of nitrogens with one attached hydrogen (secondary N) is 1. The Hall–Kier alpha value is -0.680. The highest BCUT2D eigenvalue weighted by molar-refractivity contribution is 7.80. The predicted octanol–water partition coefficient (Wildman–Crippen LogP) is 1.22. The number of carbonyl (C=O) groups excluding carboxylic acids is 1. The van der Waals surface area contributed by atoms with Crippen LogP contribution in [-0.2, 0) is 6.54 Å². The van der Waals surface area contributed by atoms with Crippen LogP contribution in [0.1, 0.15) is 17.4 Å². The molecule has 0 fully saturated rings. The summed E-state index contributed by atoms with van der Waals surface area (Å²) in [4.78, 5) is 11.6. The smallest absolute Gasteiger partial charge is 0.271 e. The maximum atomic E-state index is 11.6. The van der Waals surface area contributed by atoms with E-state index in [1.807, 2.05) is 6.92 Å². The minimum absolute atomic E-state index is 0.205. The average Bonchev–Trinajstić information content (AvgIpc) is 2.56. The topological polar surface area (TPSA) is 46.9 Å². The number of nitrogens with zero attached hydrogens (tertiary/aromatic N) is 2. The van der Waals surface area contributed by atoms with E-state index in [1.54, 1.807) is 4.68 Å². The van der Waals surface area contributed by atoms with Crippen molar-refractivity contribution in [1.82, 2.24) is 15.1 Å². The second kappa shape index (κ2) is 5.26. The van der Waals surface area contributed by atoms with Crippen LogP contribution in [0.15, 0.2) is 6.20 Å². The highest BCUT2D eigenvalue weighted by Gasteiger charge is 2.15. The molecule has 0 atom stereocenters. The molecule has 0 radical (unpaired) electrons. The van der Waals surface area contributed by atoms with Crippen LogP contribution in [0.5, 0.6) is 0 Å². The number of hydrogen-bond acceptors (Lipinski definition) is 3. The van der Waals surface area contributed by atoms with Gasteiger partial charge < -0.3 is 5.32 Å². The molecule has 1 N–H and O–H groups in total. The van der Waals surface area contributed by atoms with Gasteiger partial charge in [0.25, 0.3) is 5.91 Å². The lowest BCUT2D eigenvalue weighted by molar-refractivity contribution is 0.0945. The van der Waals surface area contributed by atoms with Crippen molar-refractivity contribution in [2.75, 3.05) is 12.3 Å². The van der Waals surface area contributed by atoms with Crippen molar-refractivity contribution in [2.45, 2.75) is 13.5 Å². The van der Waals surface area contributed by atoms with E-state index in [0.29, 0.717) is 29.6 Å². The molecule has 0 saturated carbocycles. The number of aryl methyl sites for hydroxylation is 1. The number of amides is 1. The summed E-state index contributed by atoms with van der Waals surface area (Å²) in [5, 5.41) is 7.04. The summed E-state index contributed by atoms with van der Waals surface area (Å²) in [5.41, 5.74) is 0.413. The first-order valence-electron chi connectivity index (χ1n) is 4.31. The van der Waals surface area contributed by atoms with Crippen molar-refractivity contribution in [3.05, 3.63) is 16.9 Å². The zero-order chi connectivity index (χ0) is 10.6. The van der Waals surface area contributed by atoms with E-state index in [-0.39, 0.29) is 5.91 Å². The van der Waals surface area contributed by atoms with E-state index in [0.717, 1.165) is 0 Å². The summed E-state index contributed by atoms with van der Waals surface area (Å²) in [7, 11) is 0. The molecule has 1 aromatic heterocycles. The zero-order valence-electron chi connectivity index (χ0n) is 7.83. The minimum Gasteiger partial charge on any atom is -0.350 e. The van der Waals surface area contributed by atoms with Gasteiger partial charge in [0, 0.05) is 18.8 Å². The Morgan fingerprint density at radius 3 is 3.07 bits per heavy atom. The van der Waals surface area contributed by atoms with Crippen LogP contribution < -0.4 is 5.32 Å². The maximum absolute atomic E-state index is 11.6. The summed E-state index contributed by atoms with van der Waals surface area (Å²) < 4.78 is 1.57. The molecule has 1 amide bonds. The van der Waals surface area contributed by atoms with Gasteiger partial charge in [-0.05, 0) is 6.92 Å². The third-order valence-corrected chi connectivity index (χ3v) is 2.21. The van der Waals surface area contributed by atoms with Gasteiger partial charge in [-0.2, -0.15) is 17.7 Å². The van der Waals surface area contributed by atoms with E-state index in [9.17, 15) is 4.79 Å². The molecule has 0 saturated heterocycles. The van der Waals surface area contributed by atoms with Crippen molar-refractivity contribution in [2.24, 2.45) is 0 Å². The van der Waals surface area contributed by atoms with Crippen molar-refractivity contribution >= 4 is 30.1 Å². The first-order chi connectivity index (χ1) is 6.70. The monoisotopic (exact) mass is 233 g/mol. The fourth-order valence-electron chi connectivity index (χ4n) is 1.08. The molecule has 0 aliphatic carbocycles. The molecule has 78 valence electrons. The third-order valence-electron chi connectivity index (χ3n) is 1.71. The summed E-state index contributed by atoms with van der Waals surface area (Å²) in [6, 6.07) is 0. The summed E-state index contributed by atoms with van der Waals surface area (Å²) in [6.07, 6.45) is 1.47. The average molecular weight is 234 g/mol. The Balaban J connectivity index is 2.82. The molecule has 0 unspecified atom stereocenters. The lowest BCUT2D eigenvalue weighted by Gasteiger charge is -2.05. The molecule has 1 rings (SSSR count). The fraction of sp³-hybridized carbons (Fsp3) is 0.500. The lowest BCUT2D eigenvalue weighted by Crippen LogP contribution is -2.28. The third kappa shape index (κ3) is 2.42. The minimum atomic E-state index is -0.205. The van der Waals surface area contributed by atoms with Crippen molar-refractivity contribution in [3.63, 3.8) is 0 Å². The van der Waals surface area contributed by atoms with Gasteiger partial charge in [-0.1, -0.05) is 11.6 Å². The molecule has 4 nitrogen and oxygen atoms in total. The number of aromatic nitrogens is 2. The summed E-state index contributed by atoms with van der Waals surface area (Å²) in [6.45, 7) is 3.04. The van der Waals surface area contributed by atoms with Crippen LogP contribution in [0.2, 0.25) is 5.02 Å². The molecule has 0 aromatic carbocycles. The van der Waals surface area contributed by atoms with E-state index >= 15 is 0 Å². The van der Waals surface area contributed by atoms with Gasteiger partial charge in [0.2, 0.25) is 0 Å². The molecule has 1 heterocycles. The molecule has 14 heavy (non-hydrogen) atoms. The van der Waals surface area contributed by atoms with Gasteiger partial charge in [-0.25, -0.2) is 0 Å². The van der Waals surface area contributed by atoms with Crippen LogP contribution in [0, 0.1) is 0 Å². The maximum Gasteiger partial charge on any atom is 0.271 e. The Morgan fingerprint density at radius 1 is 1.79 bits per heavy atom. The number of halogens is 1. The van der Waals surface area contributed by atoms with Gasteiger partial charge in [0.15, 0.2) is 0 Å². The zero-order valence-corrected chi connectivity index (χ0v) is 9.48. The van der Waals surface area contributed by atoms with Gasteiger partial charge in [-0.15, -0.1) is 0 Å². The van der Waals surface area contributed by atoms with Gasteiger partial charge in [0.1, 0.15) is 5.69 Å². The number of carbonyl (C=O) groups is 1. The second-order valence-electron chi connectivity index (χ2n) is 2.64. The predicted molar refractivity (Wildman–Crippen MR) is 59.1 cm³/mol. The van der Waals surface area contributed by atoms with E-state index in [2.05, 4.69) is 23.0 Å². The number of hydrogen-bond donors (Lipinski definition) is 2. The first-order valence-corrected chi connectivity index (χ1v) is 5.32. The highest BCUT2D eigenvalue weighted by Crippen LogP contribution is 2.14. The Bertz CT molecular complexity index is 326. The molecule has 6 heteroatoms. The molecule has 0 aliphatic rings. The quantitative estimate of drug-likeness (QED) is 0.769. The fourth-order valence-corrected chi connectivity index (χ4v) is 1.42. The standard InChI is InChI=1S/C8H12ClN3OS/c1-2-12-7(6(9)5-11-12)8(13)10-3-4-14/h5,14H,2-4H2,1H3,(H,10,13). The molecule has 0 bridgehead atoms. The summed E-state index contributed by atoms with van der Waals surface area (Å²) >= 11 is 9.83. The highest BCUT2D eigenvalue weighted by atomic mass is 35.5. The van der Waals surface area contributed by atoms with Crippen LogP contribution in [0.3, 0.4) is 0 Å². The number of thiol groups is 1. The molecular weight excluding hydrogens is 222 g/mol. The van der Waals surface area contributed by atoms with Gasteiger partial charge in [0.05, 0.1) is 11.2 Å². The molecular formula is C8H12ClN3OS. The number of rotatable bonds is 4. The van der Waals surface area contributed by atoms with E-state index in [4.69, 9.17) is 11.6 Å². The van der Waals surface area contributed by atoms with Crippen molar-refractivity contribution in [1.29, 1.82) is 0 Å². The van der Waals surface area contributed by atoms with Crippen LogP contribution in [0.4, 0.5) is 0 Å². The van der Waals surface area contributed by atoms with Crippen molar-refractivity contribution < 1.29 is 4.79 Å². The summed E-state index contributed by atoms with van der Waals surface area (Å²) in [5.74, 6) is 0.396. The molecule has 0 spiro atoms. The largest absolute Gasteiger partial charge is 0.350 e. The normalized spacial score (nSPS) is 10.2. The lowest BCUT2D eigenvalue weighted by atomic mass is 10.4. The van der Waals surface area contributed by atoms with Crippen LogP contribution in [0.25, 0.3) is 0 Å². The molecule has 0 aliphatic heterocycles. The Labute approximate surface area is 93.0 Å².